The fraction of sp³-hybridized carbons (Fsp3) is 0.562. The third kappa shape index (κ3) is 4.36. The van der Waals surface area contributed by atoms with Crippen LogP contribution in [0.15, 0.2) is 23.0 Å². The quantitative estimate of drug-likeness (QED) is 0.889. The number of carbonyl (C=O) groups excluding carboxylic acids is 1. The first-order chi connectivity index (χ1) is 11.9. The Kier molecular flexibility index (Phi) is 5.03. The van der Waals surface area contributed by atoms with Crippen LogP contribution in [0.5, 0.6) is 0 Å². The smallest absolute Gasteiger partial charge is 0.321 e. The van der Waals surface area contributed by atoms with Gasteiger partial charge in [-0.2, -0.15) is 5.10 Å². The lowest BCUT2D eigenvalue weighted by Gasteiger charge is -2.27. The molecule has 0 saturated carbocycles. The van der Waals surface area contributed by atoms with Crippen molar-refractivity contribution < 1.29 is 13.7 Å². The summed E-state index contributed by atoms with van der Waals surface area (Å²) in [4.78, 5) is 15.9. The van der Waals surface area contributed by atoms with Gasteiger partial charge in [-0.15, -0.1) is 0 Å². The Morgan fingerprint density at radius 1 is 1.56 bits per heavy atom. The molecule has 1 aliphatic rings. The molecule has 0 aromatic carbocycles. The molecule has 3 rings (SSSR count). The minimum atomic E-state index is -0.899. The van der Waals surface area contributed by atoms with Crippen LogP contribution in [0.1, 0.15) is 17.9 Å². The van der Waals surface area contributed by atoms with E-state index in [1.54, 1.807) is 36.1 Å². The number of anilines is 1. The van der Waals surface area contributed by atoms with Crippen LogP contribution in [0.2, 0.25) is 0 Å². The van der Waals surface area contributed by atoms with Crippen LogP contribution in [-0.4, -0.2) is 63.1 Å². The highest BCUT2D eigenvalue weighted by Gasteiger charge is 2.34. The van der Waals surface area contributed by atoms with Gasteiger partial charge in [-0.05, 0) is 13.3 Å². The second-order valence-electron chi connectivity index (χ2n) is 6.56. The molecule has 25 heavy (non-hydrogen) atoms. The first-order valence-electron chi connectivity index (χ1n) is 8.22. The number of likely N-dealkylation sites (N-methyl/N-ethyl adjacent to an activating group) is 1. The van der Waals surface area contributed by atoms with Gasteiger partial charge in [-0.3, -0.25) is 9.58 Å². The molecule has 0 bridgehead atoms. The van der Waals surface area contributed by atoms with Crippen molar-refractivity contribution in [2.75, 3.05) is 25.5 Å². The van der Waals surface area contributed by atoms with Crippen LogP contribution in [0.4, 0.5) is 14.9 Å². The number of nitrogens with one attached hydrogen (secondary N) is 1. The van der Waals surface area contributed by atoms with Crippen molar-refractivity contribution in [3.63, 3.8) is 0 Å². The molecule has 0 aliphatic carbocycles. The number of halogens is 1. The zero-order chi connectivity index (χ0) is 18.0. The maximum absolute atomic E-state index is 13.9. The molecule has 1 fully saturated rings. The summed E-state index contributed by atoms with van der Waals surface area (Å²) in [5, 5.41) is 10.7. The van der Waals surface area contributed by atoms with Crippen molar-refractivity contribution in [3.05, 3.63) is 29.9 Å². The minimum Gasteiger partial charge on any atom is -0.360 e. The zero-order valence-electron chi connectivity index (χ0n) is 14.6. The number of alkyl halides is 1. The highest BCUT2D eigenvalue weighted by Crippen LogP contribution is 2.23. The minimum absolute atomic E-state index is 0.0648. The van der Waals surface area contributed by atoms with Crippen molar-refractivity contribution in [1.29, 1.82) is 0 Å². The van der Waals surface area contributed by atoms with E-state index in [2.05, 4.69) is 15.6 Å². The van der Waals surface area contributed by atoms with E-state index in [4.69, 9.17) is 4.52 Å². The van der Waals surface area contributed by atoms with Crippen molar-refractivity contribution >= 4 is 11.7 Å². The van der Waals surface area contributed by atoms with E-state index < -0.39 is 6.17 Å². The predicted molar refractivity (Wildman–Crippen MR) is 89.8 cm³/mol. The summed E-state index contributed by atoms with van der Waals surface area (Å²) in [5.41, 5.74) is 1.43. The molecule has 2 atom stereocenters. The highest BCUT2D eigenvalue weighted by atomic mass is 19.1. The molecule has 0 radical (unpaired) electrons. The Bertz CT molecular complexity index is 730. The van der Waals surface area contributed by atoms with Gasteiger partial charge in [0.05, 0.1) is 24.1 Å². The number of nitrogens with zero attached hydrogens (tertiary/aromatic N) is 5. The van der Waals surface area contributed by atoms with Crippen molar-refractivity contribution in [2.45, 2.75) is 32.1 Å². The SMILES string of the molecule is Cc1cc(CN2C[C@@H](F)C[C@H]2CN(C)C(=O)Nc2cnn(C)c2)on1. The normalized spacial score (nSPS) is 20.8. The number of amides is 2. The average molecular weight is 350 g/mol. The molecule has 0 unspecified atom stereocenters. The summed E-state index contributed by atoms with van der Waals surface area (Å²) in [6, 6.07) is 1.54. The third-order valence-corrected chi connectivity index (χ3v) is 4.30. The zero-order valence-corrected chi connectivity index (χ0v) is 14.6. The standard InChI is InChI=1S/C16H23FN6O2/c1-11-4-15(25-20-11)10-23-7-12(17)5-14(23)9-21(2)16(24)19-13-6-18-22(3)8-13/h4,6,8,12,14H,5,7,9-10H2,1-3H3,(H,19,24)/t12-,14-/m0/s1. The van der Waals surface area contributed by atoms with E-state index in [1.807, 2.05) is 17.9 Å². The number of urea groups is 1. The monoisotopic (exact) mass is 350 g/mol. The molecule has 3 heterocycles. The van der Waals surface area contributed by atoms with E-state index in [0.29, 0.717) is 37.5 Å². The summed E-state index contributed by atoms with van der Waals surface area (Å²) in [6.45, 7) is 3.11. The van der Waals surface area contributed by atoms with Crippen molar-refractivity contribution in [3.8, 4) is 0 Å². The van der Waals surface area contributed by atoms with Crippen LogP contribution >= 0.6 is 0 Å². The number of aryl methyl sites for hydroxylation is 2. The first-order valence-corrected chi connectivity index (χ1v) is 8.22. The Morgan fingerprint density at radius 2 is 2.36 bits per heavy atom. The number of aromatic nitrogens is 3. The number of hydrogen-bond donors (Lipinski definition) is 1. The van der Waals surface area contributed by atoms with Gasteiger partial charge >= 0.3 is 6.03 Å². The summed E-state index contributed by atoms with van der Waals surface area (Å²) in [5.74, 6) is 0.707. The van der Waals surface area contributed by atoms with E-state index in [0.717, 1.165) is 5.69 Å². The van der Waals surface area contributed by atoms with Crippen LogP contribution in [0.25, 0.3) is 0 Å². The molecule has 1 saturated heterocycles. The third-order valence-electron chi connectivity index (χ3n) is 4.30. The van der Waals surface area contributed by atoms with Gasteiger partial charge in [0.25, 0.3) is 0 Å². The lowest BCUT2D eigenvalue weighted by atomic mass is 10.2. The van der Waals surface area contributed by atoms with Crippen LogP contribution in [0.3, 0.4) is 0 Å². The molecule has 8 nitrogen and oxygen atoms in total. The van der Waals surface area contributed by atoms with Crippen LogP contribution in [0, 0.1) is 6.92 Å². The number of rotatable bonds is 5. The lowest BCUT2D eigenvalue weighted by Crippen LogP contribution is -2.42. The second kappa shape index (κ2) is 7.22. The summed E-state index contributed by atoms with van der Waals surface area (Å²) >= 11 is 0. The largest absolute Gasteiger partial charge is 0.360 e. The lowest BCUT2D eigenvalue weighted by molar-refractivity contribution is 0.171. The molecule has 1 aliphatic heterocycles. The second-order valence-corrected chi connectivity index (χ2v) is 6.56. The van der Waals surface area contributed by atoms with Gasteiger partial charge in [-0.1, -0.05) is 5.16 Å². The van der Waals surface area contributed by atoms with E-state index >= 15 is 0 Å². The molecule has 136 valence electrons. The van der Waals surface area contributed by atoms with Crippen LogP contribution < -0.4 is 5.32 Å². The predicted octanol–water partition coefficient (Wildman–Crippen LogP) is 1.79. The molecule has 2 aromatic rings. The molecule has 2 aromatic heterocycles. The highest BCUT2D eigenvalue weighted by molar-refractivity contribution is 5.88. The number of likely N-dealkylation sites (tertiary alicyclic amines) is 1. The van der Waals surface area contributed by atoms with E-state index in [-0.39, 0.29) is 12.1 Å². The summed E-state index contributed by atoms with van der Waals surface area (Å²) < 4.78 is 20.8. The first kappa shape index (κ1) is 17.4. The van der Waals surface area contributed by atoms with Gasteiger partial charge < -0.3 is 14.7 Å². The Labute approximate surface area is 145 Å². The maximum Gasteiger partial charge on any atom is 0.321 e. The maximum atomic E-state index is 13.9. The number of hydrogen-bond acceptors (Lipinski definition) is 5. The van der Waals surface area contributed by atoms with Gasteiger partial charge in [0.15, 0.2) is 5.76 Å². The van der Waals surface area contributed by atoms with Gasteiger partial charge in [0, 0.05) is 45.5 Å². The van der Waals surface area contributed by atoms with E-state index in [1.165, 1.54) is 0 Å². The van der Waals surface area contributed by atoms with Gasteiger partial charge in [0.1, 0.15) is 6.17 Å². The molecule has 2 amide bonds. The fourth-order valence-electron chi connectivity index (χ4n) is 3.10. The number of carbonyl (C=O) groups is 1. The molecule has 1 N–H and O–H groups in total. The average Bonchev–Trinajstić information content (AvgIpc) is 3.22. The molecular formula is C16H23FN6O2. The van der Waals surface area contributed by atoms with E-state index in [9.17, 15) is 9.18 Å². The fourth-order valence-corrected chi connectivity index (χ4v) is 3.10. The summed E-state index contributed by atoms with van der Waals surface area (Å²) in [6.07, 6.45) is 2.80. The van der Waals surface area contributed by atoms with Gasteiger partial charge in [-0.25, -0.2) is 9.18 Å². The van der Waals surface area contributed by atoms with Gasteiger partial charge in [0.2, 0.25) is 0 Å². The van der Waals surface area contributed by atoms with Crippen molar-refractivity contribution in [2.24, 2.45) is 7.05 Å². The molecular weight excluding hydrogens is 327 g/mol. The molecule has 0 spiro atoms. The Balaban J connectivity index is 1.58. The molecule has 9 heteroatoms. The van der Waals surface area contributed by atoms with Crippen molar-refractivity contribution in [1.82, 2.24) is 24.7 Å². The van der Waals surface area contributed by atoms with Crippen LogP contribution in [-0.2, 0) is 13.6 Å². The summed E-state index contributed by atoms with van der Waals surface area (Å²) in [7, 11) is 3.48. The topological polar surface area (TPSA) is 79.4 Å². The Hall–Kier alpha value is -2.42. The Morgan fingerprint density at radius 3 is 3.00 bits per heavy atom.